The van der Waals surface area contributed by atoms with E-state index in [-0.39, 0.29) is 18.0 Å². The van der Waals surface area contributed by atoms with Crippen LogP contribution in [0, 0.1) is 11.3 Å². The van der Waals surface area contributed by atoms with Gasteiger partial charge in [-0.2, -0.15) is 0 Å². The smallest absolute Gasteiger partial charge is 0.314 e. The van der Waals surface area contributed by atoms with Gasteiger partial charge >= 0.3 is 12.0 Å². The normalized spacial score (nSPS) is 19.9. The molecular weight excluding hydrogens is 236 g/mol. The Balaban J connectivity index is 2.22. The lowest BCUT2D eigenvalue weighted by Gasteiger charge is -2.33. The van der Waals surface area contributed by atoms with Crippen LogP contribution >= 0.6 is 0 Å². The van der Waals surface area contributed by atoms with Gasteiger partial charge in [-0.1, -0.05) is 13.8 Å². The molecule has 0 saturated carbocycles. The van der Waals surface area contributed by atoms with E-state index in [2.05, 4.69) is 17.6 Å². The van der Waals surface area contributed by atoms with E-state index in [0.29, 0.717) is 6.54 Å². The number of carboxylic acids is 1. The van der Waals surface area contributed by atoms with Gasteiger partial charge in [0.15, 0.2) is 0 Å². The van der Waals surface area contributed by atoms with Crippen LogP contribution < -0.4 is 10.6 Å². The third kappa shape index (κ3) is 4.91. The maximum absolute atomic E-state index is 11.5. The standard InChI is InChI=1S/C12H22N2O4/c1-9(10(15)16)7-13-11(17)14-8-12(2)3-5-18-6-4-12/h9H,3-8H2,1-2H3,(H,15,16)(H2,13,14,17). The topological polar surface area (TPSA) is 87.7 Å². The summed E-state index contributed by atoms with van der Waals surface area (Å²) in [6.07, 6.45) is 1.86. The molecule has 2 amide bonds. The molecule has 0 spiro atoms. The fourth-order valence-electron chi connectivity index (χ4n) is 1.73. The summed E-state index contributed by atoms with van der Waals surface area (Å²) in [7, 11) is 0. The van der Waals surface area contributed by atoms with Crippen LogP contribution in [0.5, 0.6) is 0 Å². The molecule has 0 aliphatic carbocycles. The zero-order valence-corrected chi connectivity index (χ0v) is 11.0. The number of carboxylic acid groups (broad SMARTS) is 1. The first-order valence-corrected chi connectivity index (χ1v) is 6.25. The van der Waals surface area contributed by atoms with Crippen molar-refractivity contribution in [2.24, 2.45) is 11.3 Å². The van der Waals surface area contributed by atoms with Gasteiger partial charge in [-0.15, -0.1) is 0 Å². The van der Waals surface area contributed by atoms with Gasteiger partial charge in [0.05, 0.1) is 5.92 Å². The Hall–Kier alpha value is -1.30. The van der Waals surface area contributed by atoms with Crippen LogP contribution in [0.15, 0.2) is 0 Å². The van der Waals surface area contributed by atoms with E-state index >= 15 is 0 Å². The molecule has 0 aromatic heterocycles. The van der Waals surface area contributed by atoms with E-state index in [1.54, 1.807) is 6.92 Å². The lowest BCUT2D eigenvalue weighted by Crippen LogP contribution is -2.45. The molecule has 0 aromatic carbocycles. The van der Waals surface area contributed by atoms with Gasteiger partial charge in [0.2, 0.25) is 0 Å². The van der Waals surface area contributed by atoms with Crippen molar-refractivity contribution in [2.45, 2.75) is 26.7 Å². The van der Waals surface area contributed by atoms with Crippen molar-refractivity contribution in [3.63, 3.8) is 0 Å². The monoisotopic (exact) mass is 258 g/mol. The summed E-state index contributed by atoms with van der Waals surface area (Å²) in [5.41, 5.74) is 0.0774. The first kappa shape index (κ1) is 14.8. The fraction of sp³-hybridized carbons (Fsp3) is 0.833. The van der Waals surface area contributed by atoms with Gasteiger partial charge < -0.3 is 20.5 Å². The zero-order valence-electron chi connectivity index (χ0n) is 11.0. The quantitative estimate of drug-likeness (QED) is 0.681. The Morgan fingerprint density at radius 2 is 1.94 bits per heavy atom. The minimum absolute atomic E-state index is 0.0774. The molecule has 1 saturated heterocycles. The highest BCUT2D eigenvalue weighted by Crippen LogP contribution is 2.28. The van der Waals surface area contributed by atoms with E-state index in [1.807, 2.05) is 0 Å². The second-order valence-corrected chi connectivity index (χ2v) is 5.23. The maximum atomic E-state index is 11.5. The van der Waals surface area contributed by atoms with Gasteiger partial charge in [0.1, 0.15) is 0 Å². The molecule has 1 atom stereocenters. The molecular formula is C12H22N2O4. The molecule has 1 aliphatic heterocycles. The molecule has 1 rings (SSSR count). The SMILES string of the molecule is CC(CNC(=O)NCC1(C)CCOCC1)C(=O)O. The average Bonchev–Trinajstić information content (AvgIpc) is 2.34. The van der Waals surface area contributed by atoms with Crippen molar-refractivity contribution < 1.29 is 19.4 Å². The molecule has 104 valence electrons. The molecule has 1 fully saturated rings. The highest BCUT2D eigenvalue weighted by atomic mass is 16.5. The van der Waals surface area contributed by atoms with E-state index in [9.17, 15) is 9.59 Å². The van der Waals surface area contributed by atoms with E-state index in [0.717, 1.165) is 26.1 Å². The summed E-state index contributed by atoms with van der Waals surface area (Å²) >= 11 is 0. The third-order valence-electron chi connectivity index (χ3n) is 3.37. The minimum atomic E-state index is -0.910. The van der Waals surface area contributed by atoms with Crippen LogP contribution in [0.1, 0.15) is 26.7 Å². The summed E-state index contributed by atoms with van der Waals surface area (Å²) in [5, 5.41) is 14.0. The van der Waals surface area contributed by atoms with E-state index in [1.165, 1.54) is 0 Å². The van der Waals surface area contributed by atoms with Crippen molar-refractivity contribution in [3.05, 3.63) is 0 Å². The van der Waals surface area contributed by atoms with Crippen LogP contribution in [0.2, 0.25) is 0 Å². The number of rotatable bonds is 5. The Kier molecular flexibility index (Phi) is 5.40. The summed E-state index contributed by atoms with van der Waals surface area (Å²) in [6.45, 7) is 5.87. The number of carbonyl (C=O) groups excluding carboxylic acids is 1. The van der Waals surface area contributed by atoms with Gasteiger partial charge in [0, 0.05) is 26.3 Å². The highest BCUT2D eigenvalue weighted by molar-refractivity contribution is 5.75. The number of ether oxygens (including phenoxy) is 1. The third-order valence-corrected chi connectivity index (χ3v) is 3.37. The highest BCUT2D eigenvalue weighted by Gasteiger charge is 2.27. The Morgan fingerprint density at radius 3 is 2.50 bits per heavy atom. The lowest BCUT2D eigenvalue weighted by atomic mass is 9.82. The van der Waals surface area contributed by atoms with Gasteiger partial charge in [-0.3, -0.25) is 4.79 Å². The molecule has 1 heterocycles. The molecule has 0 bridgehead atoms. The minimum Gasteiger partial charge on any atom is -0.481 e. The van der Waals surface area contributed by atoms with Crippen LogP contribution in [-0.4, -0.2) is 43.4 Å². The molecule has 18 heavy (non-hydrogen) atoms. The number of nitrogens with one attached hydrogen (secondary N) is 2. The van der Waals surface area contributed by atoms with Crippen molar-refractivity contribution in [1.29, 1.82) is 0 Å². The van der Waals surface area contributed by atoms with Crippen LogP contribution in [0.3, 0.4) is 0 Å². The second-order valence-electron chi connectivity index (χ2n) is 5.23. The largest absolute Gasteiger partial charge is 0.481 e. The van der Waals surface area contributed by atoms with Crippen molar-refractivity contribution >= 4 is 12.0 Å². The number of urea groups is 1. The first-order chi connectivity index (χ1) is 8.43. The van der Waals surface area contributed by atoms with Crippen LogP contribution in [-0.2, 0) is 9.53 Å². The molecule has 1 aliphatic rings. The van der Waals surface area contributed by atoms with Crippen molar-refractivity contribution in [3.8, 4) is 0 Å². The number of amides is 2. The van der Waals surface area contributed by atoms with Gasteiger partial charge in [-0.05, 0) is 18.3 Å². The molecule has 0 aromatic rings. The number of carbonyl (C=O) groups is 2. The summed E-state index contributed by atoms with van der Waals surface area (Å²) in [5.74, 6) is -1.49. The number of aliphatic carboxylic acids is 1. The van der Waals surface area contributed by atoms with E-state index in [4.69, 9.17) is 9.84 Å². The van der Waals surface area contributed by atoms with Crippen LogP contribution in [0.25, 0.3) is 0 Å². The zero-order chi connectivity index (χ0) is 13.6. The summed E-state index contributed by atoms with van der Waals surface area (Å²) in [4.78, 5) is 22.1. The Morgan fingerprint density at radius 1 is 1.33 bits per heavy atom. The molecule has 0 radical (unpaired) electrons. The lowest BCUT2D eigenvalue weighted by molar-refractivity contribution is -0.140. The molecule has 3 N–H and O–H groups in total. The summed E-state index contributed by atoms with van der Waals surface area (Å²) < 4.78 is 5.28. The van der Waals surface area contributed by atoms with Gasteiger partial charge in [-0.25, -0.2) is 4.79 Å². The van der Waals surface area contributed by atoms with E-state index < -0.39 is 11.9 Å². The molecule has 6 nitrogen and oxygen atoms in total. The number of hydrogen-bond donors (Lipinski definition) is 3. The number of hydrogen-bond acceptors (Lipinski definition) is 3. The predicted octanol–water partition coefficient (Wildman–Crippen LogP) is 0.823. The Labute approximate surface area is 107 Å². The molecule has 6 heteroatoms. The summed E-state index contributed by atoms with van der Waals surface area (Å²) in [6, 6.07) is -0.309. The molecule has 1 unspecified atom stereocenters. The predicted molar refractivity (Wildman–Crippen MR) is 66.4 cm³/mol. The average molecular weight is 258 g/mol. The van der Waals surface area contributed by atoms with Crippen molar-refractivity contribution in [1.82, 2.24) is 10.6 Å². The second kappa shape index (κ2) is 6.58. The van der Waals surface area contributed by atoms with Gasteiger partial charge in [0.25, 0.3) is 0 Å². The first-order valence-electron chi connectivity index (χ1n) is 6.25. The van der Waals surface area contributed by atoms with Crippen LogP contribution in [0.4, 0.5) is 4.79 Å². The fourth-order valence-corrected chi connectivity index (χ4v) is 1.73. The maximum Gasteiger partial charge on any atom is 0.314 e. The van der Waals surface area contributed by atoms with Crippen molar-refractivity contribution in [2.75, 3.05) is 26.3 Å². The Bertz CT molecular complexity index is 300.